The molecule has 78 heavy (non-hydrogen) atoms. The number of carboxylic acid groups (broad SMARTS) is 1. The Bertz CT molecular complexity index is 2270. The van der Waals surface area contributed by atoms with Gasteiger partial charge < -0.3 is 94.1 Å². The van der Waals surface area contributed by atoms with E-state index in [1.54, 1.807) is 33.8 Å². The number of aliphatic hydroxyl groups is 10. The molecule has 25 atom stereocenters. The van der Waals surface area contributed by atoms with Gasteiger partial charge in [0, 0.05) is 11.0 Å². The van der Waals surface area contributed by atoms with Crippen LogP contribution in [0.25, 0.3) is 0 Å². The second-order valence-corrected chi connectivity index (χ2v) is 26.3. The molecule has 0 aromatic rings. The van der Waals surface area contributed by atoms with Crippen LogP contribution in [0.1, 0.15) is 121 Å². The van der Waals surface area contributed by atoms with Gasteiger partial charge >= 0.3 is 17.9 Å². The number of hydrogen-bond acceptors (Lipinski definition) is 21. The number of aliphatic carboxylic acids is 1. The van der Waals surface area contributed by atoms with Gasteiger partial charge in [0.2, 0.25) is 0 Å². The zero-order valence-corrected chi connectivity index (χ0v) is 46.8. The van der Waals surface area contributed by atoms with Crippen LogP contribution in [0.3, 0.4) is 0 Å². The lowest BCUT2D eigenvalue weighted by Gasteiger charge is -2.72. The SMILES string of the molecule is CC=C(C)C(=O)OC1C(O)C2(COC(=O)C(C)C)C(O)CC3(C)C(=CCC4C5(C)CCC(OC6OC(C(=O)O)C(O)C(OC7OCC(O)C(O)C7O)C6OC6OC(CO)C(O)C(O)C6O)C(C)(C)C5CCC43C)C2CC1(C)C. The van der Waals surface area contributed by atoms with Crippen LogP contribution in [0, 0.1) is 56.2 Å². The highest BCUT2D eigenvalue weighted by Crippen LogP contribution is 2.76. The summed E-state index contributed by atoms with van der Waals surface area (Å²) in [5.74, 6) is -3.68. The van der Waals surface area contributed by atoms with Crippen molar-refractivity contribution in [3.8, 4) is 0 Å². The average molecular weight is 1110 g/mol. The van der Waals surface area contributed by atoms with Crippen molar-refractivity contribution in [3.05, 3.63) is 23.3 Å². The second kappa shape index (κ2) is 22.1. The molecule has 22 nitrogen and oxygen atoms in total. The Balaban J connectivity index is 1.12. The van der Waals surface area contributed by atoms with E-state index in [0.29, 0.717) is 44.1 Å². The largest absolute Gasteiger partial charge is 0.479 e. The average Bonchev–Trinajstić information content (AvgIpc) is 3.28. The molecular formula is C56H88O22. The van der Waals surface area contributed by atoms with Crippen molar-refractivity contribution in [2.45, 2.75) is 232 Å². The Hall–Kier alpha value is -2.75. The maximum absolute atomic E-state index is 13.4. The zero-order valence-electron chi connectivity index (χ0n) is 46.8. The summed E-state index contributed by atoms with van der Waals surface area (Å²) in [4.78, 5) is 39.5. The summed E-state index contributed by atoms with van der Waals surface area (Å²) in [6.07, 6.45) is -22.3. The van der Waals surface area contributed by atoms with Gasteiger partial charge in [-0.25, -0.2) is 9.59 Å². The van der Waals surface area contributed by atoms with E-state index < -0.39 is 180 Å². The van der Waals surface area contributed by atoms with Gasteiger partial charge in [0.05, 0.1) is 36.8 Å². The number of ether oxygens (including phenoxy) is 8. The smallest absolute Gasteiger partial charge is 0.335 e. The van der Waals surface area contributed by atoms with Crippen LogP contribution in [0.2, 0.25) is 0 Å². The van der Waals surface area contributed by atoms with Crippen molar-refractivity contribution in [3.63, 3.8) is 0 Å². The number of carbonyl (C=O) groups is 3. The van der Waals surface area contributed by atoms with Gasteiger partial charge in [-0.2, -0.15) is 0 Å². The molecule has 5 aliphatic carbocycles. The maximum atomic E-state index is 13.4. The summed E-state index contributed by atoms with van der Waals surface area (Å²) in [7, 11) is 0. The lowest BCUT2D eigenvalue weighted by Crippen LogP contribution is -2.72. The summed E-state index contributed by atoms with van der Waals surface area (Å²) < 4.78 is 48.6. The highest BCUT2D eigenvalue weighted by Gasteiger charge is 2.73. The van der Waals surface area contributed by atoms with Crippen LogP contribution in [0.4, 0.5) is 0 Å². The van der Waals surface area contributed by atoms with Gasteiger partial charge in [-0.15, -0.1) is 0 Å². The summed E-state index contributed by atoms with van der Waals surface area (Å²) in [5, 5.41) is 122. The third-order valence-electron chi connectivity index (χ3n) is 20.9. The predicted molar refractivity (Wildman–Crippen MR) is 271 cm³/mol. The fraction of sp³-hybridized carbons (Fsp3) is 0.875. The highest BCUT2D eigenvalue weighted by molar-refractivity contribution is 5.87. The van der Waals surface area contributed by atoms with Crippen molar-refractivity contribution >= 4 is 17.9 Å². The quantitative estimate of drug-likeness (QED) is 0.0530. The minimum atomic E-state index is -2.10. The molecule has 444 valence electrons. The number of carbonyl (C=O) groups excluding carboxylic acids is 2. The van der Waals surface area contributed by atoms with E-state index >= 15 is 0 Å². The molecule has 25 unspecified atom stereocenters. The highest BCUT2D eigenvalue weighted by atomic mass is 16.8. The predicted octanol–water partition coefficient (Wildman–Crippen LogP) is 0.982. The number of rotatable bonds is 13. The van der Waals surface area contributed by atoms with Gasteiger partial charge in [0.25, 0.3) is 0 Å². The van der Waals surface area contributed by atoms with Crippen molar-refractivity contribution in [1.82, 2.24) is 0 Å². The van der Waals surface area contributed by atoms with Crippen LogP contribution in [0.15, 0.2) is 23.3 Å². The lowest BCUT2D eigenvalue weighted by atomic mass is 9.33. The van der Waals surface area contributed by atoms with Crippen LogP contribution in [0.5, 0.6) is 0 Å². The summed E-state index contributed by atoms with van der Waals surface area (Å²) in [6, 6.07) is 0. The summed E-state index contributed by atoms with van der Waals surface area (Å²) >= 11 is 0. The third-order valence-corrected chi connectivity index (χ3v) is 20.9. The molecule has 22 heteroatoms. The van der Waals surface area contributed by atoms with Gasteiger partial charge in [-0.3, -0.25) is 4.79 Å². The molecule has 3 aliphatic heterocycles. The molecule has 0 spiro atoms. The van der Waals surface area contributed by atoms with Gasteiger partial charge in [0.1, 0.15) is 79.9 Å². The number of hydrogen-bond donors (Lipinski definition) is 11. The van der Waals surface area contributed by atoms with Crippen LogP contribution < -0.4 is 0 Å². The number of aliphatic hydroxyl groups excluding tert-OH is 10. The molecule has 4 saturated carbocycles. The molecule has 11 N–H and O–H groups in total. The molecule has 0 radical (unpaired) electrons. The van der Waals surface area contributed by atoms with Gasteiger partial charge in [0.15, 0.2) is 25.0 Å². The van der Waals surface area contributed by atoms with Crippen molar-refractivity contribution in [1.29, 1.82) is 0 Å². The van der Waals surface area contributed by atoms with Gasteiger partial charge in [-0.1, -0.05) is 80.0 Å². The Kier molecular flexibility index (Phi) is 17.4. The van der Waals surface area contributed by atoms with E-state index in [0.717, 1.165) is 5.57 Å². The Morgan fingerprint density at radius 1 is 0.769 bits per heavy atom. The van der Waals surface area contributed by atoms with Crippen LogP contribution in [-0.4, -0.2) is 204 Å². The zero-order chi connectivity index (χ0) is 57.7. The number of fused-ring (bicyclic) bond motifs is 7. The number of esters is 2. The first kappa shape index (κ1) is 61.3. The third kappa shape index (κ3) is 9.93. The van der Waals surface area contributed by atoms with E-state index in [1.807, 2.05) is 13.8 Å². The Labute approximate surface area is 456 Å². The molecule has 0 bridgehead atoms. The molecule has 0 aromatic heterocycles. The Morgan fingerprint density at radius 2 is 1.42 bits per heavy atom. The Morgan fingerprint density at radius 3 is 2.05 bits per heavy atom. The van der Waals surface area contributed by atoms with E-state index in [-0.39, 0.29) is 30.3 Å². The lowest BCUT2D eigenvalue weighted by molar-refractivity contribution is -0.392. The topological polar surface area (TPSA) is 348 Å². The fourth-order valence-corrected chi connectivity index (χ4v) is 16.0. The molecule has 8 aliphatic rings. The summed E-state index contributed by atoms with van der Waals surface area (Å²) in [5.41, 5.74) is -2.92. The first-order valence-corrected chi connectivity index (χ1v) is 27.8. The normalized spacial score (nSPS) is 49.0. The first-order chi connectivity index (χ1) is 36.3. The number of allylic oxidation sites excluding steroid dienone is 3. The van der Waals surface area contributed by atoms with E-state index in [4.69, 9.17) is 37.9 Å². The van der Waals surface area contributed by atoms with Crippen LogP contribution >= 0.6 is 0 Å². The molecule has 3 saturated heterocycles. The van der Waals surface area contributed by atoms with Crippen molar-refractivity contribution < 1.29 is 108 Å². The molecular weight excluding hydrogens is 1020 g/mol. The molecule has 7 fully saturated rings. The van der Waals surface area contributed by atoms with E-state index in [1.165, 1.54) is 0 Å². The summed E-state index contributed by atoms with van der Waals surface area (Å²) in [6.45, 7) is 20.0. The molecule has 3 heterocycles. The van der Waals surface area contributed by atoms with E-state index in [2.05, 4.69) is 40.7 Å². The second-order valence-electron chi connectivity index (χ2n) is 26.3. The number of carboxylic acids is 1. The van der Waals surface area contributed by atoms with E-state index in [9.17, 15) is 70.6 Å². The molecule has 0 amide bonds. The minimum absolute atomic E-state index is 0.0311. The maximum Gasteiger partial charge on any atom is 0.335 e. The minimum Gasteiger partial charge on any atom is -0.479 e. The molecule has 0 aromatic carbocycles. The van der Waals surface area contributed by atoms with Crippen LogP contribution in [-0.2, 0) is 52.3 Å². The van der Waals surface area contributed by atoms with Gasteiger partial charge in [-0.05, 0) is 98.2 Å². The molecule has 8 rings (SSSR count). The van der Waals surface area contributed by atoms with Crippen molar-refractivity contribution in [2.24, 2.45) is 56.2 Å². The standard InChI is InChI=1S/C56H88O22/c1-12-25(4)47(70)78-44-43(66)56(23-72-46(69)24(2)3)27(19-51(44,5)6)26-13-14-31-53(9)17-16-33(52(7,8)30(53)15-18-54(31,10)55(26,11)20-32(56)59)74-50-42(77-49-38(64)36(62)35(61)29(21-57)73-49)40(39(65)41(76-50)45(67)68)75-48-37(63)34(60)28(58)22-71-48/h12-13,24,27-44,48-50,57-66H,14-23H2,1-11H3,(H,67,68). The monoisotopic (exact) mass is 1110 g/mol. The first-order valence-electron chi connectivity index (χ1n) is 27.8. The fourth-order valence-electron chi connectivity index (χ4n) is 16.0. The van der Waals surface area contributed by atoms with Crippen molar-refractivity contribution in [2.75, 3.05) is 19.8 Å².